The minimum Gasteiger partial charge on any atom is -0.474 e. The van der Waals surface area contributed by atoms with Gasteiger partial charge in [-0.25, -0.2) is 4.99 Å². The summed E-state index contributed by atoms with van der Waals surface area (Å²) in [5, 5.41) is 11.8. The van der Waals surface area contributed by atoms with Crippen LogP contribution >= 0.6 is 0 Å². The van der Waals surface area contributed by atoms with Gasteiger partial charge in [0.25, 0.3) is 5.88 Å². The van der Waals surface area contributed by atoms with Crippen LogP contribution in [0.1, 0.15) is 34.1 Å². The fraction of sp³-hybridized carbons (Fsp3) is 0.650. The molecule has 1 N–H and O–H groups in total. The van der Waals surface area contributed by atoms with Gasteiger partial charge in [0.15, 0.2) is 5.76 Å². The molecule has 0 radical (unpaired) electrons. The predicted octanol–water partition coefficient (Wildman–Crippen LogP) is 3.36. The van der Waals surface area contributed by atoms with Crippen LogP contribution in [-0.2, 0) is 14.3 Å². The lowest BCUT2D eigenvalue weighted by Crippen LogP contribution is -2.53. The Morgan fingerprint density at radius 3 is 2.60 bits per heavy atom. The highest BCUT2D eigenvalue weighted by Crippen LogP contribution is 2.26. The molecular weight excluding hydrogens is 401 g/mol. The number of nitrogens with zero attached hydrogens (tertiary/aromatic N) is 3. The van der Waals surface area contributed by atoms with Crippen LogP contribution in [0.4, 0.5) is 13.2 Å². The molecule has 1 amide bonds. The Morgan fingerprint density at radius 1 is 1.43 bits per heavy atom. The summed E-state index contributed by atoms with van der Waals surface area (Å²) in [6.07, 6.45) is -1.82. The second-order valence-corrected chi connectivity index (χ2v) is 7.79. The van der Waals surface area contributed by atoms with E-state index >= 15 is 0 Å². The van der Waals surface area contributed by atoms with E-state index in [2.05, 4.69) is 27.8 Å². The molecule has 0 aromatic rings. The monoisotopic (exact) mass is 430 g/mol. The van der Waals surface area contributed by atoms with Gasteiger partial charge < -0.3 is 14.8 Å². The molecular formula is C20H29F3N4O3. The minimum absolute atomic E-state index is 0.0635. The Labute approximate surface area is 175 Å². The normalized spacial score (nSPS) is 21.5. The van der Waals surface area contributed by atoms with Crippen LogP contribution in [0.15, 0.2) is 28.8 Å². The van der Waals surface area contributed by atoms with Crippen molar-refractivity contribution in [2.45, 2.75) is 46.5 Å². The van der Waals surface area contributed by atoms with E-state index in [0.717, 1.165) is 6.08 Å². The maximum Gasteiger partial charge on any atom is 0.573 e. The van der Waals surface area contributed by atoms with E-state index in [4.69, 9.17) is 10.00 Å². The third-order valence-corrected chi connectivity index (χ3v) is 4.68. The van der Waals surface area contributed by atoms with Gasteiger partial charge in [-0.1, -0.05) is 13.0 Å². The van der Waals surface area contributed by atoms with Gasteiger partial charge >= 0.3 is 6.36 Å². The molecule has 1 aliphatic rings. The summed E-state index contributed by atoms with van der Waals surface area (Å²) >= 11 is 0. The Kier molecular flexibility index (Phi) is 9.36. The lowest BCUT2D eigenvalue weighted by Gasteiger charge is -2.37. The highest BCUT2D eigenvalue weighted by atomic mass is 19.4. The summed E-state index contributed by atoms with van der Waals surface area (Å²) in [5.41, 5.74) is -1.04. The number of piperidine rings is 1. The Balaban J connectivity index is 2.79. The van der Waals surface area contributed by atoms with Crippen LogP contribution in [0.3, 0.4) is 0 Å². The summed E-state index contributed by atoms with van der Waals surface area (Å²) in [5.74, 6) is -1.24. The van der Waals surface area contributed by atoms with Crippen LogP contribution in [0, 0.1) is 22.7 Å². The number of rotatable bonds is 9. The number of likely N-dealkylation sites (tertiary alicyclic amines) is 1. The molecule has 1 aliphatic heterocycles. The van der Waals surface area contributed by atoms with E-state index < -0.39 is 23.4 Å². The Bertz CT molecular complexity index is 711. The van der Waals surface area contributed by atoms with E-state index in [1.54, 1.807) is 13.8 Å². The van der Waals surface area contributed by atoms with Crippen LogP contribution in [0.2, 0.25) is 0 Å². The van der Waals surface area contributed by atoms with Crippen LogP contribution in [0.25, 0.3) is 0 Å². The molecule has 0 bridgehead atoms. The highest BCUT2D eigenvalue weighted by molar-refractivity contribution is 5.82. The largest absolute Gasteiger partial charge is 0.573 e. The second kappa shape index (κ2) is 11.0. The molecule has 7 nitrogen and oxygen atoms in total. The average molecular weight is 430 g/mol. The first-order valence-corrected chi connectivity index (χ1v) is 9.56. The standard InChI is InChI=1S/C20H29F3N4O3/c1-6-7-16(30-20(21,22)23)17(25-5)29-13-19(3,4)18(28)26-15-8-10-27(11-9-24)12-14(15)2/h6-7,14-15H,5,8,10-13H2,1-4H3,(H,26,28)/b7-6-,17-16-/t14-,15-/m1/s1. The van der Waals surface area contributed by atoms with Crippen LogP contribution in [-0.4, -0.2) is 56.2 Å². The number of nitriles is 1. The minimum atomic E-state index is -4.92. The molecule has 1 rings (SSSR count). The molecule has 0 aromatic carbocycles. The molecule has 2 atom stereocenters. The lowest BCUT2D eigenvalue weighted by molar-refractivity contribution is -0.304. The van der Waals surface area contributed by atoms with Gasteiger partial charge in [0.05, 0.1) is 18.0 Å². The fourth-order valence-corrected chi connectivity index (χ4v) is 2.99. The molecule has 0 unspecified atom stereocenters. The summed E-state index contributed by atoms with van der Waals surface area (Å²) in [7, 11) is 0. The van der Waals surface area contributed by atoms with Gasteiger partial charge in [-0.05, 0) is 45.9 Å². The van der Waals surface area contributed by atoms with E-state index in [1.807, 2.05) is 11.8 Å². The number of allylic oxidation sites excluding steroid dienone is 2. The maximum absolute atomic E-state index is 12.8. The number of ether oxygens (including phenoxy) is 2. The number of hydrogen-bond donors (Lipinski definition) is 1. The molecule has 10 heteroatoms. The third kappa shape index (κ3) is 8.06. The first-order valence-electron chi connectivity index (χ1n) is 9.56. The van der Waals surface area contributed by atoms with E-state index in [9.17, 15) is 18.0 Å². The van der Waals surface area contributed by atoms with Crippen molar-refractivity contribution in [3.8, 4) is 6.07 Å². The quantitative estimate of drug-likeness (QED) is 0.262. The number of nitrogens with one attached hydrogen (secondary N) is 1. The lowest BCUT2D eigenvalue weighted by atomic mass is 9.89. The Hall–Kier alpha value is -2.54. The number of amides is 1. The Morgan fingerprint density at radius 2 is 2.10 bits per heavy atom. The smallest absolute Gasteiger partial charge is 0.474 e. The van der Waals surface area contributed by atoms with Gasteiger partial charge in [-0.15, -0.1) is 13.2 Å². The van der Waals surface area contributed by atoms with Gasteiger partial charge in [-0.3, -0.25) is 9.69 Å². The third-order valence-electron chi connectivity index (χ3n) is 4.68. The maximum atomic E-state index is 12.8. The zero-order valence-electron chi connectivity index (χ0n) is 17.8. The summed E-state index contributed by atoms with van der Waals surface area (Å²) in [6.45, 7) is 11.5. The molecule has 0 aliphatic carbocycles. The molecule has 1 fully saturated rings. The van der Waals surface area contributed by atoms with Gasteiger partial charge in [0, 0.05) is 19.1 Å². The molecule has 0 saturated carbocycles. The van der Waals surface area contributed by atoms with Crippen molar-refractivity contribution in [2.24, 2.45) is 16.3 Å². The topological polar surface area (TPSA) is 87.0 Å². The van der Waals surface area contributed by atoms with E-state index in [0.29, 0.717) is 26.1 Å². The molecule has 0 spiro atoms. The average Bonchev–Trinajstić information content (AvgIpc) is 2.63. The zero-order chi connectivity index (χ0) is 22.9. The molecule has 168 valence electrons. The SMILES string of the molecule is C=N/C(OCC(C)(C)C(=O)N[C@@H]1CCN(CC#N)C[C@H]1C)=C(\C=C/C)OC(F)(F)F. The van der Waals surface area contributed by atoms with Crippen LogP contribution in [0.5, 0.6) is 0 Å². The van der Waals surface area contributed by atoms with Gasteiger partial charge in [0.1, 0.15) is 6.61 Å². The highest BCUT2D eigenvalue weighted by Gasteiger charge is 2.36. The molecule has 1 heterocycles. The summed E-state index contributed by atoms with van der Waals surface area (Å²) < 4.78 is 47.1. The van der Waals surface area contributed by atoms with Crippen molar-refractivity contribution in [3.63, 3.8) is 0 Å². The van der Waals surface area contributed by atoms with Crippen molar-refractivity contribution in [2.75, 3.05) is 26.2 Å². The molecule has 1 saturated heterocycles. The van der Waals surface area contributed by atoms with Crippen molar-refractivity contribution in [3.05, 3.63) is 23.8 Å². The number of halogens is 3. The number of hydrogen-bond acceptors (Lipinski definition) is 6. The van der Waals surface area contributed by atoms with Crippen molar-refractivity contribution in [1.29, 1.82) is 5.26 Å². The van der Waals surface area contributed by atoms with Gasteiger partial charge in [0.2, 0.25) is 5.91 Å². The first kappa shape index (κ1) is 25.5. The van der Waals surface area contributed by atoms with Crippen molar-refractivity contribution in [1.82, 2.24) is 10.2 Å². The zero-order valence-corrected chi connectivity index (χ0v) is 17.8. The summed E-state index contributed by atoms with van der Waals surface area (Å²) in [6, 6.07) is 2.06. The first-order chi connectivity index (χ1) is 13.9. The predicted molar refractivity (Wildman–Crippen MR) is 106 cm³/mol. The number of carbonyl (C=O) groups excluding carboxylic acids is 1. The van der Waals surface area contributed by atoms with Gasteiger partial charge in [-0.2, -0.15) is 5.26 Å². The fourth-order valence-electron chi connectivity index (χ4n) is 2.99. The second-order valence-electron chi connectivity index (χ2n) is 7.79. The number of alkyl halides is 3. The van der Waals surface area contributed by atoms with Crippen LogP contribution < -0.4 is 5.32 Å². The van der Waals surface area contributed by atoms with Crippen molar-refractivity contribution < 1.29 is 27.4 Å². The van der Waals surface area contributed by atoms with E-state index in [1.165, 1.54) is 13.0 Å². The number of aliphatic imine (C=N–C) groups is 1. The number of carbonyl (C=O) groups is 1. The molecule has 0 aromatic heterocycles. The molecule has 30 heavy (non-hydrogen) atoms. The van der Waals surface area contributed by atoms with E-state index in [-0.39, 0.29) is 24.5 Å². The van der Waals surface area contributed by atoms with Crippen molar-refractivity contribution >= 4 is 12.6 Å². The summed E-state index contributed by atoms with van der Waals surface area (Å²) in [4.78, 5) is 18.3.